The van der Waals surface area contributed by atoms with Crippen LogP contribution in [0, 0.1) is 0 Å². The first-order valence-corrected chi connectivity index (χ1v) is 8.89. The number of aliphatic hydroxyl groups is 1. The molecule has 6 nitrogen and oxygen atoms in total. The molecule has 0 spiro atoms. The van der Waals surface area contributed by atoms with E-state index < -0.39 is 5.60 Å². The first-order valence-electron chi connectivity index (χ1n) is 8.89. The summed E-state index contributed by atoms with van der Waals surface area (Å²) >= 11 is 0. The zero-order valence-electron chi connectivity index (χ0n) is 14.0. The molecule has 0 atom stereocenters. The largest absolute Gasteiger partial charge is 0.472 e. The van der Waals surface area contributed by atoms with Crippen LogP contribution in [0.4, 0.5) is 0 Å². The van der Waals surface area contributed by atoms with Crippen molar-refractivity contribution in [1.82, 2.24) is 10.2 Å². The number of likely N-dealkylation sites (tertiary alicyclic amines) is 1. The summed E-state index contributed by atoms with van der Waals surface area (Å²) in [5.41, 5.74) is -0.252. The predicted molar refractivity (Wildman–Crippen MR) is 88.4 cm³/mol. The summed E-state index contributed by atoms with van der Waals surface area (Å²) in [7, 11) is 0. The highest BCUT2D eigenvalue weighted by molar-refractivity contribution is 5.93. The van der Waals surface area contributed by atoms with Crippen molar-refractivity contribution in [2.75, 3.05) is 13.1 Å². The fourth-order valence-corrected chi connectivity index (χ4v) is 3.76. The van der Waals surface area contributed by atoms with Gasteiger partial charge in [-0.25, -0.2) is 0 Å². The normalized spacial score (nSPS) is 21.5. The molecule has 1 aromatic heterocycles. The second kappa shape index (κ2) is 7.38. The van der Waals surface area contributed by atoms with Gasteiger partial charge in [-0.2, -0.15) is 0 Å². The molecule has 2 heterocycles. The topological polar surface area (TPSA) is 82.8 Å². The average Bonchev–Trinajstić information content (AvgIpc) is 3.09. The van der Waals surface area contributed by atoms with Gasteiger partial charge in [0.1, 0.15) is 6.26 Å². The fourth-order valence-electron chi connectivity index (χ4n) is 3.76. The van der Waals surface area contributed by atoms with E-state index in [1.54, 1.807) is 11.0 Å². The van der Waals surface area contributed by atoms with Crippen molar-refractivity contribution in [3.8, 4) is 0 Å². The molecule has 1 aromatic rings. The molecular formula is C18H26N2O4. The standard InChI is InChI=1S/C18H26N2O4/c21-16(12-18(23)7-2-1-3-8-18)19-15-4-9-20(10-5-15)17(22)14-6-11-24-13-14/h6,11,13,15,23H,1-5,7-10,12H2,(H,19,21). The van der Waals surface area contributed by atoms with E-state index >= 15 is 0 Å². The molecule has 2 aliphatic rings. The summed E-state index contributed by atoms with van der Waals surface area (Å²) in [5, 5.41) is 13.5. The van der Waals surface area contributed by atoms with Crippen molar-refractivity contribution < 1.29 is 19.1 Å². The molecule has 0 unspecified atom stereocenters. The smallest absolute Gasteiger partial charge is 0.257 e. The van der Waals surface area contributed by atoms with Gasteiger partial charge >= 0.3 is 0 Å². The number of nitrogens with one attached hydrogen (secondary N) is 1. The molecule has 1 aliphatic heterocycles. The second-order valence-electron chi connectivity index (χ2n) is 7.11. The van der Waals surface area contributed by atoms with Crippen LogP contribution < -0.4 is 5.32 Å². The molecule has 24 heavy (non-hydrogen) atoms. The van der Waals surface area contributed by atoms with E-state index in [1.807, 2.05) is 0 Å². The highest BCUT2D eigenvalue weighted by atomic mass is 16.3. The molecule has 2 N–H and O–H groups in total. The highest BCUT2D eigenvalue weighted by Gasteiger charge is 2.33. The van der Waals surface area contributed by atoms with Crippen LogP contribution in [0.5, 0.6) is 0 Å². The van der Waals surface area contributed by atoms with Crippen LogP contribution in [0.25, 0.3) is 0 Å². The number of piperidine rings is 1. The first kappa shape index (κ1) is 17.0. The zero-order chi connectivity index (χ0) is 17.0. The molecule has 2 amide bonds. The maximum Gasteiger partial charge on any atom is 0.257 e. The fraction of sp³-hybridized carbons (Fsp3) is 0.667. The zero-order valence-corrected chi connectivity index (χ0v) is 14.0. The number of rotatable bonds is 4. The number of carbonyl (C=O) groups is 2. The lowest BCUT2D eigenvalue weighted by Gasteiger charge is -2.34. The van der Waals surface area contributed by atoms with Crippen molar-refractivity contribution in [2.45, 2.75) is 63.0 Å². The van der Waals surface area contributed by atoms with Crippen molar-refractivity contribution in [3.63, 3.8) is 0 Å². The van der Waals surface area contributed by atoms with Gasteiger partial charge in [0.25, 0.3) is 5.91 Å². The van der Waals surface area contributed by atoms with Crippen LogP contribution in [-0.2, 0) is 4.79 Å². The number of amides is 2. The molecule has 2 fully saturated rings. The minimum absolute atomic E-state index is 0.0231. The Hall–Kier alpha value is -1.82. The SMILES string of the molecule is O=C(CC1(O)CCCCC1)NC1CCN(C(=O)c2ccoc2)CC1. The van der Waals surface area contributed by atoms with Gasteiger partial charge in [0, 0.05) is 19.1 Å². The van der Waals surface area contributed by atoms with E-state index in [0.29, 0.717) is 18.7 Å². The Morgan fingerprint density at radius 1 is 1.25 bits per heavy atom. The van der Waals surface area contributed by atoms with E-state index in [-0.39, 0.29) is 24.3 Å². The Morgan fingerprint density at radius 3 is 2.58 bits per heavy atom. The van der Waals surface area contributed by atoms with Crippen molar-refractivity contribution >= 4 is 11.8 Å². The van der Waals surface area contributed by atoms with Crippen molar-refractivity contribution in [2.24, 2.45) is 0 Å². The van der Waals surface area contributed by atoms with Crippen LogP contribution in [0.1, 0.15) is 61.7 Å². The highest BCUT2D eigenvalue weighted by Crippen LogP contribution is 2.30. The second-order valence-corrected chi connectivity index (χ2v) is 7.11. The number of nitrogens with zero attached hydrogens (tertiary/aromatic N) is 1. The minimum Gasteiger partial charge on any atom is -0.472 e. The van der Waals surface area contributed by atoms with E-state index in [2.05, 4.69) is 5.32 Å². The summed E-state index contributed by atoms with van der Waals surface area (Å²) in [5.74, 6) is -0.0935. The Morgan fingerprint density at radius 2 is 1.96 bits per heavy atom. The molecule has 1 aliphatic carbocycles. The summed E-state index contributed by atoms with van der Waals surface area (Å²) in [6, 6.07) is 1.75. The van der Waals surface area contributed by atoms with Crippen LogP contribution in [-0.4, -0.2) is 46.6 Å². The Bertz CT molecular complexity index is 556. The molecule has 3 rings (SSSR count). The third-order valence-electron chi connectivity index (χ3n) is 5.19. The van der Waals surface area contributed by atoms with Crippen LogP contribution >= 0.6 is 0 Å². The van der Waals surface area contributed by atoms with Crippen LogP contribution in [0.2, 0.25) is 0 Å². The van der Waals surface area contributed by atoms with Gasteiger partial charge < -0.3 is 19.7 Å². The summed E-state index contributed by atoms with van der Waals surface area (Å²) in [4.78, 5) is 26.3. The van der Waals surface area contributed by atoms with Gasteiger partial charge in [0.15, 0.2) is 0 Å². The molecular weight excluding hydrogens is 308 g/mol. The van der Waals surface area contributed by atoms with E-state index in [9.17, 15) is 14.7 Å². The number of furan rings is 1. The van der Waals surface area contributed by atoms with E-state index in [0.717, 1.165) is 44.9 Å². The molecule has 6 heteroatoms. The van der Waals surface area contributed by atoms with Gasteiger partial charge in [-0.3, -0.25) is 9.59 Å². The van der Waals surface area contributed by atoms with Crippen LogP contribution in [0.15, 0.2) is 23.0 Å². The Labute approximate surface area is 142 Å². The molecule has 1 saturated heterocycles. The number of hydrogen-bond donors (Lipinski definition) is 2. The molecule has 0 bridgehead atoms. The third kappa shape index (κ3) is 4.17. The quantitative estimate of drug-likeness (QED) is 0.883. The molecule has 132 valence electrons. The van der Waals surface area contributed by atoms with Gasteiger partial charge in [-0.15, -0.1) is 0 Å². The lowest BCUT2D eigenvalue weighted by Crippen LogP contribution is -2.48. The monoisotopic (exact) mass is 334 g/mol. The molecule has 1 saturated carbocycles. The maximum atomic E-state index is 12.2. The Balaban J connectivity index is 1.43. The van der Waals surface area contributed by atoms with Gasteiger partial charge in [0.05, 0.1) is 23.8 Å². The summed E-state index contributed by atoms with van der Waals surface area (Å²) in [6.45, 7) is 1.25. The lowest BCUT2D eigenvalue weighted by atomic mass is 9.82. The maximum absolute atomic E-state index is 12.2. The average molecular weight is 334 g/mol. The third-order valence-corrected chi connectivity index (χ3v) is 5.19. The number of carbonyl (C=O) groups excluding carboxylic acids is 2. The first-order chi connectivity index (χ1) is 11.6. The Kier molecular flexibility index (Phi) is 5.23. The molecule has 0 radical (unpaired) electrons. The van der Waals surface area contributed by atoms with Gasteiger partial charge in [0.2, 0.25) is 5.91 Å². The van der Waals surface area contributed by atoms with Gasteiger partial charge in [-0.1, -0.05) is 19.3 Å². The van der Waals surface area contributed by atoms with Crippen molar-refractivity contribution in [1.29, 1.82) is 0 Å². The summed E-state index contributed by atoms with van der Waals surface area (Å²) in [6.07, 6.45) is 9.22. The lowest BCUT2D eigenvalue weighted by molar-refractivity contribution is -0.128. The van der Waals surface area contributed by atoms with E-state index in [1.165, 1.54) is 12.5 Å². The minimum atomic E-state index is -0.819. The van der Waals surface area contributed by atoms with Crippen LogP contribution in [0.3, 0.4) is 0 Å². The summed E-state index contributed by atoms with van der Waals surface area (Å²) < 4.78 is 4.95. The molecule has 0 aromatic carbocycles. The van der Waals surface area contributed by atoms with Crippen molar-refractivity contribution in [3.05, 3.63) is 24.2 Å². The predicted octanol–water partition coefficient (Wildman–Crippen LogP) is 2.09. The number of hydrogen-bond acceptors (Lipinski definition) is 4. The van der Waals surface area contributed by atoms with Gasteiger partial charge in [-0.05, 0) is 31.7 Å². The van der Waals surface area contributed by atoms with E-state index in [4.69, 9.17) is 4.42 Å².